The standard InChI is InChI=1S/C9H19N5S/c1-6(2)7(3)14(4)5-8-9(11-10)15-13-12-8/h6-7,11H,5,10H2,1-4H3. The van der Waals surface area contributed by atoms with Crippen LogP contribution >= 0.6 is 11.5 Å². The molecule has 0 aliphatic heterocycles. The van der Waals surface area contributed by atoms with Gasteiger partial charge in [-0.2, -0.15) is 0 Å². The molecule has 5 nitrogen and oxygen atoms in total. The van der Waals surface area contributed by atoms with Gasteiger partial charge >= 0.3 is 0 Å². The zero-order valence-electron chi connectivity index (χ0n) is 9.69. The van der Waals surface area contributed by atoms with Crippen molar-refractivity contribution < 1.29 is 0 Å². The van der Waals surface area contributed by atoms with Gasteiger partial charge in [-0.15, -0.1) is 5.10 Å². The highest BCUT2D eigenvalue weighted by molar-refractivity contribution is 7.10. The summed E-state index contributed by atoms with van der Waals surface area (Å²) in [6.45, 7) is 7.40. The molecule has 0 amide bonds. The molecule has 0 aliphatic carbocycles. The maximum absolute atomic E-state index is 5.37. The van der Waals surface area contributed by atoms with E-state index in [4.69, 9.17) is 5.84 Å². The quantitative estimate of drug-likeness (QED) is 0.588. The number of aromatic nitrogens is 2. The molecule has 0 fully saturated rings. The Labute approximate surface area is 94.8 Å². The summed E-state index contributed by atoms with van der Waals surface area (Å²) in [6.07, 6.45) is 0. The van der Waals surface area contributed by atoms with E-state index in [1.54, 1.807) is 0 Å². The number of nitrogens with zero attached hydrogens (tertiary/aromatic N) is 3. The highest BCUT2D eigenvalue weighted by Gasteiger charge is 2.16. The second-order valence-corrected chi connectivity index (χ2v) is 4.85. The van der Waals surface area contributed by atoms with Crippen LogP contribution in [-0.4, -0.2) is 27.6 Å². The largest absolute Gasteiger partial charge is 0.313 e. The number of nitrogens with one attached hydrogen (secondary N) is 1. The van der Waals surface area contributed by atoms with Gasteiger partial charge in [0.05, 0.1) is 0 Å². The van der Waals surface area contributed by atoms with Gasteiger partial charge < -0.3 is 5.43 Å². The van der Waals surface area contributed by atoms with Crippen LogP contribution in [0.25, 0.3) is 0 Å². The molecule has 1 atom stereocenters. The third-order valence-electron chi connectivity index (χ3n) is 2.75. The summed E-state index contributed by atoms with van der Waals surface area (Å²) in [5.41, 5.74) is 3.53. The van der Waals surface area contributed by atoms with Crippen LogP contribution in [0.15, 0.2) is 0 Å². The molecule has 0 saturated carbocycles. The Morgan fingerprint density at radius 2 is 2.13 bits per heavy atom. The number of nitrogen functional groups attached to an aromatic ring is 1. The topological polar surface area (TPSA) is 67.1 Å². The maximum atomic E-state index is 5.37. The molecule has 1 heterocycles. The van der Waals surface area contributed by atoms with E-state index in [-0.39, 0.29) is 0 Å². The van der Waals surface area contributed by atoms with E-state index in [2.05, 4.69) is 47.7 Å². The molecule has 0 aromatic carbocycles. The molecule has 15 heavy (non-hydrogen) atoms. The Morgan fingerprint density at radius 1 is 1.47 bits per heavy atom. The van der Waals surface area contributed by atoms with E-state index in [0.29, 0.717) is 12.0 Å². The van der Waals surface area contributed by atoms with Crippen molar-refractivity contribution in [1.82, 2.24) is 14.5 Å². The fourth-order valence-electron chi connectivity index (χ4n) is 1.31. The monoisotopic (exact) mass is 229 g/mol. The van der Waals surface area contributed by atoms with E-state index in [1.165, 1.54) is 11.5 Å². The zero-order chi connectivity index (χ0) is 11.4. The lowest BCUT2D eigenvalue weighted by molar-refractivity contribution is 0.198. The molecule has 0 spiro atoms. The number of anilines is 1. The molecular formula is C9H19N5S. The van der Waals surface area contributed by atoms with Crippen molar-refractivity contribution in [3.63, 3.8) is 0 Å². The molecular weight excluding hydrogens is 210 g/mol. The van der Waals surface area contributed by atoms with Crippen LogP contribution in [0, 0.1) is 5.92 Å². The SMILES string of the molecule is CC(C)C(C)N(C)Cc1nnsc1NN. The average molecular weight is 229 g/mol. The predicted octanol–water partition coefficient (Wildman–Crippen LogP) is 1.30. The molecule has 0 bridgehead atoms. The van der Waals surface area contributed by atoms with Gasteiger partial charge in [-0.25, -0.2) is 5.84 Å². The summed E-state index contributed by atoms with van der Waals surface area (Å²) in [7, 11) is 2.09. The molecule has 3 N–H and O–H groups in total. The molecule has 1 aromatic rings. The number of hydrogen-bond acceptors (Lipinski definition) is 6. The van der Waals surface area contributed by atoms with Gasteiger partial charge in [-0.1, -0.05) is 18.3 Å². The lowest BCUT2D eigenvalue weighted by Gasteiger charge is -2.27. The van der Waals surface area contributed by atoms with Crippen molar-refractivity contribution in [3.05, 3.63) is 5.69 Å². The van der Waals surface area contributed by atoms with Crippen molar-refractivity contribution in [2.24, 2.45) is 11.8 Å². The highest BCUT2D eigenvalue weighted by Crippen LogP contribution is 2.19. The predicted molar refractivity (Wildman–Crippen MR) is 63.5 cm³/mol. The first-order valence-electron chi connectivity index (χ1n) is 5.04. The van der Waals surface area contributed by atoms with Gasteiger partial charge in [0.2, 0.25) is 0 Å². The normalized spacial score (nSPS) is 13.5. The molecule has 1 unspecified atom stereocenters. The van der Waals surface area contributed by atoms with Crippen molar-refractivity contribution in [2.45, 2.75) is 33.4 Å². The minimum absolute atomic E-state index is 0.511. The lowest BCUT2D eigenvalue weighted by atomic mass is 10.1. The Hall–Kier alpha value is -0.720. The Bertz CT molecular complexity index is 298. The first kappa shape index (κ1) is 12.4. The Balaban J connectivity index is 2.61. The number of nitrogens with two attached hydrogens (primary N) is 1. The van der Waals surface area contributed by atoms with Gasteiger partial charge in [0, 0.05) is 24.1 Å². The van der Waals surface area contributed by atoms with E-state index in [9.17, 15) is 0 Å². The molecule has 0 aliphatic rings. The summed E-state index contributed by atoms with van der Waals surface area (Å²) < 4.78 is 3.87. The number of hydrazine groups is 1. The molecule has 6 heteroatoms. The third-order valence-corrected chi connectivity index (χ3v) is 3.45. The van der Waals surface area contributed by atoms with Gasteiger partial charge in [-0.3, -0.25) is 4.90 Å². The number of hydrogen-bond donors (Lipinski definition) is 2. The van der Waals surface area contributed by atoms with Crippen LogP contribution in [0.5, 0.6) is 0 Å². The van der Waals surface area contributed by atoms with Gasteiger partial charge in [0.25, 0.3) is 0 Å². The lowest BCUT2D eigenvalue weighted by Crippen LogP contribution is -2.33. The second kappa shape index (κ2) is 5.39. The van der Waals surface area contributed by atoms with Crippen molar-refractivity contribution in [2.75, 3.05) is 12.5 Å². The van der Waals surface area contributed by atoms with Crippen LogP contribution in [0.4, 0.5) is 5.00 Å². The van der Waals surface area contributed by atoms with Crippen molar-refractivity contribution in [1.29, 1.82) is 0 Å². The summed E-state index contributed by atoms with van der Waals surface area (Å²) in [5, 5.41) is 4.90. The fourth-order valence-corrected chi connectivity index (χ4v) is 1.80. The minimum Gasteiger partial charge on any atom is -0.313 e. The Morgan fingerprint density at radius 3 is 2.67 bits per heavy atom. The minimum atomic E-state index is 0.511. The van der Waals surface area contributed by atoms with Crippen molar-refractivity contribution in [3.8, 4) is 0 Å². The molecule has 0 radical (unpaired) electrons. The van der Waals surface area contributed by atoms with Crippen LogP contribution in [0.1, 0.15) is 26.5 Å². The second-order valence-electron chi connectivity index (χ2n) is 4.09. The third kappa shape index (κ3) is 3.12. The zero-order valence-corrected chi connectivity index (χ0v) is 10.5. The van der Waals surface area contributed by atoms with E-state index in [0.717, 1.165) is 17.2 Å². The van der Waals surface area contributed by atoms with Crippen molar-refractivity contribution >= 4 is 16.5 Å². The molecule has 86 valence electrons. The Kier molecular flexibility index (Phi) is 4.44. The van der Waals surface area contributed by atoms with Crippen LogP contribution in [0.2, 0.25) is 0 Å². The number of rotatable bonds is 5. The molecule has 1 rings (SSSR count). The first-order chi connectivity index (χ1) is 7.06. The summed E-state index contributed by atoms with van der Waals surface area (Å²) >= 11 is 1.29. The van der Waals surface area contributed by atoms with E-state index in [1.807, 2.05) is 0 Å². The summed E-state index contributed by atoms with van der Waals surface area (Å²) in [5.74, 6) is 5.99. The molecule has 1 aromatic heterocycles. The average Bonchev–Trinajstić information content (AvgIpc) is 2.63. The van der Waals surface area contributed by atoms with E-state index < -0.39 is 0 Å². The van der Waals surface area contributed by atoms with Crippen LogP contribution in [0.3, 0.4) is 0 Å². The first-order valence-corrected chi connectivity index (χ1v) is 5.81. The van der Waals surface area contributed by atoms with Crippen LogP contribution < -0.4 is 11.3 Å². The summed E-state index contributed by atoms with van der Waals surface area (Å²) in [4.78, 5) is 2.25. The maximum Gasteiger partial charge on any atom is 0.148 e. The highest BCUT2D eigenvalue weighted by atomic mass is 32.1. The van der Waals surface area contributed by atoms with E-state index >= 15 is 0 Å². The fraction of sp³-hybridized carbons (Fsp3) is 0.778. The van der Waals surface area contributed by atoms with Gasteiger partial charge in [-0.05, 0) is 19.9 Å². The van der Waals surface area contributed by atoms with Gasteiger partial charge in [0.15, 0.2) is 0 Å². The summed E-state index contributed by atoms with van der Waals surface area (Å²) in [6, 6.07) is 0.511. The molecule has 0 saturated heterocycles. The van der Waals surface area contributed by atoms with Gasteiger partial charge in [0.1, 0.15) is 10.7 Å². The van der Waals surface area contributed by atoms with Crippen LogP contribution in [-0.2, 0) is 6.54 Å². The smallest absolute Gasteiger partial charge is 0.148 e.